The molecule has 1 nitrogen and oxygen atoms in total. The van der Waals surface area contributed by atoms with Crippen LogP contribution in [0.15, 0.2) is 158 Å². The summed E-state index contributed by atoms with van der Waals surface area (Å²) >= 11 is 8.01. The SMILES string of the molecule is O=C(c1ccccc1)c1cc(Sc2ccc([S+](c3ccccc3)c3ccccc3)cc2)ccc1Cl. The van der Waals surface area contributed by atoms with Crippen LogP contribution >= 0.6 is 23.4 Å². The van der Waals surface area contributed by atoms with Crippen molar-refractivity contribution < 1.29 is 4.79 Å². The summed E-state index contributed by atoms with van der Waals surface area (Å²) in [5.74, 6) is -0.0665. The molecule has 0 unspecified atom stereocenters. The Balaban J connectivity index is 1.41. The van der Waals surface area contributed by atoms with Crippen LogP contribution in [0.2, 0.25) is 5.02 Å². The lowest BCUT2D eigenvalue weighted by Crippen LogP contribution is -2.04. The summed E-state index contributed by atoms with van der Waals surface area (Å²) in [5.41, 5.74) is 1.16. The van der Waals surface area contributed by atoms with Crippen molar-refractivity contribution in [2.24, 2.45) is 0 Å². The summed E-state index contributed by atoms with van der Waals surface area (Å²) < 4.78 is 0. The maximum atomic E-state index is 13.0. The van der Waals surface area contributed by atoms with Crippen LogP contribution in [0.3, 0.4) is 0 Å². The standard InChI is InChI=1S/C31H22ClOS2/c32-30-21-18-25(22-29(30)31(33)23-10-4-1-5-11-23)34-24-16-19-28(20-17-24)35(26-12-6-2-7-13-26)27-14-8-3-9-15-27/h1-22H/q+1. The summed E-state index contributed by atoms with van der Waals surface area (Å²) in [6.07, 6.45) is 0. The second-order valence-corrected chi connectivity index (χ2v) is 11.4. The van der Waals surface area contributed by atoms with E-state index < -0.39 is 0 Å². The molecule has 0 amide bonds. The van der Waals surface area contributed by atoms with Gasteiger partial charge in [-0.2, -0.15) is 0 Å². The van der Waals surface area contributed by atoms with E-state index in [9.17, 15) is 4.79 Å². The van der Waals surface area contributed by atoms with Crippen molar-refractivity contribution in [3.8, 4) is 0 Å². The topological polar surface area (TPSA) is 17.1 Å². The zero-order valence-corrected chi connectivity index (χ0v) is 21.2. The second-order valence-electron chi connectivity index (χ2n) is 7.84. The zero-order chi connectivity index (χ0) is 24.0. The van der Waals surface area contributed by atoms with Crippen molar-refractivity contribution in [1.82, 2.24) is 0 Å². The summed E-state index contributed by atoms with van der Waals surface area (Å²) in [7, 11) is -0.175. The first-order valence-electron chi connectivity index (χ1n) is 11.2. The van der Waals surface area contributed by atoms with Crippen molar-refractivity contribution >= 4 is 40.0 Å². The van der Waals surface area contributed by atoms with Crippen molar-refractivity contribution in [2.45, 2.75) is 24.5 Å². The van der Waals surface area contributed by atoms with E-state index in [0.717, 1.165) is 9.79 Å². The maximum absolute atomic E-state index is 13.0. The molecule has 5 aromatic carbocycles. The van der Waals surface area contributed by atoms with Crippen molar-refractivity contribution in [1.29, 1.82) is 0 Å². The minimum absolute atomic E-state index is 0.0665. The molecule has 0 aromatic heterocycles. The van der Waals surface area contributed by atoms with Gasteiger partial charge in [0.25, 0.3) is 0 Å². The summed E-state index contributed by atoms with van der Waals surface area (Å²) in [6.45, 7) is 0. The van der Waals surface area contributed by atoms with E-state index in [1.54, 1.807) is 17.8 Å². The Morgan fingerprint density at radius 1 is 0.571 bits per heavy atom. The van der Waals surface area contributed by atoms with Crippen LogP contribution in [0.4, 0.5) is 0 Å². The van der Waals surface area contributed by atoms with Gasteiger partial charge < -0.3 is 0 Å². The number of ketones is 1. The van der Waals surface area contributed by atoms with Gasteiger partial charge in [0.1, 0.15) is 0 Å². The number of carbonyl (C=O) groups excluding carboxylic acids is 1. The largest absolute Gasteiger partial charge is 0.289 e. The summed E-state index contributed by atoms with van der Waals surface area (Å²) in [4.78, 5) is 18.9. The number of halogens is 1. The van der Waals surface area contributed by atoms with Crippen LogP contribution in [-0.2, 0) is 10.9 Å². The molecule has 0 bridgehead atoms. The fourth-order valence-corrected chi connectivity index (χ4v) is 6.93. The molecule has 0 radical (unpaired) electrons. The highest BCUT2D eigenvalue weighted by atomic mass is 35.5. The van der Waals surface area contributed by atoms with Gasteiger partial charge in [-0.05, 0) is 66.7 Å². The van der Waals surface area contributed by atoms with Crippen molar-refractivity contribution in [2.75, 3.05) is 0 Å². The molecule has 0 heterocycles. The third kappa shape index (κ3) is 5.54. The highest BCUT2D eigenvalue weighted by Gasteiger charge is 2.28. The predicted octanol–water partition coefficient (Wildman–Crippen LogP) is 8.82. The first kappa shape index (κ1) is 23.5. The molecule has 0 saturated carbocycles. The highest BCUT2D eigenvalue weighted by molar-refractivity contribution is 7.99. The Labute approximate surface area is 218 Å². The van der Waals surface area contributed by atoms with E-state index in [0.29, 0.717) is 16.1 Å². The minimum Gasteiger partial charge on any atom is -0.289 e. The van der Waals surface area contributed by atoms with Crippen LogP contribution < -0.4 is 0 Å². The van der Waals surface area contributed by atoms with E-state index in [1.807, 2.05) is 42.5 Å². The molecule has 5 aromatic rings. The molecule has 0 N–H and O–H groups in total. The summed E-state index contributed by atoms with van der Waals surface area (Å²) in [5, 5.41) is 0.466. The van der Waals surface area contributed by atoms with Crippen LogP contribution in [0.5, 0.6) is 0 Å². The molecule has 170 valence electrons. The van der Waals surface area contributed by atoms with Gasteiger partial charge in [-0.15, -0.1) is 0 Å². The van der Waals surface area contributed by atoms with E-state index in [4.69, 9.17) is 11.6 Å². The van der Waals surface area contributed by atoms with Crippen LogP contribution in [0, 0.1) is 0 Å². The third-order valence-electron chi connectivity index (χ3n) is 5.47. The molecule has 35 heavy (non-hydrogen) atoms. The molecule has 5 rings (SSSR count). The minimum atomic E-state index is -0.175. The number of hydrogen-bond donors (Lipinski definition) is 0. The Kier molecular flexibility index (Phi) is 7.39. The molecule has 0 aliphatic rings. The highest BCUT2D eigenvalue weighted by Crippen LogP contribution is 2.35. The number of carbonyl (C=O) groups is 1. The normalized spacial score (nSPS) is 10.9. The van der Waals surface area contributed by atoms with Crippen molar-refractivity contribution in [3.05, 3.63) is 150 Å². The lowest BCUT2D eigenvalue weighted by atomic mass is 10.0. The molecule has 0 aliphatic carbocycles. The first-order valence-corrected chi connectivity index (χ1v) is 13.6. The third-order valence-corrected chi connectivity index (χ3v) is 9.03. The maximum Gasteiger partial charge on any atom is 0.194 e. The van der Waals surface area contributed by atoms with Gasteiger partial charge in [-0.25, -0.2) is 0 Å². The second kappa shape index (κ2) is 11.0. The van der Waals surface area contributed by atoms with E-state index in [1.165, 1.54) is 14.7 Å². The van der Waals surface area contributed by atoms with E-state index in [-0.39, 0.29) is 16.7 Å². The quantitative estimate of drug-likeness (QED) is 0.161. The van der Waals surface area contributed by atoms with Gasteiger partial charge in [-0.3, -0.25) is 4.79 Å². The number of hydrogen-bond acceptors (Lipinski definition) is 2. The first-order chi connectivity index (χ1) is 17.2. The van der Waals surface area contributed by atoms with Crippen LogP contribution in [-0.4, -0.2) is 5.78 Å². The van der Waals surface area contributed by atoms with Gasteiger partial charge in [0.2, 0.25) is 0 Å². The smallest absolute Gasteiger partial charge is 0.194 e. The van der Waals surface area contributed by atoms with Gasteiger partial charge in [-0.1, -0.05) is 90.1 Å². The Bertz CT molecular complexity index is 1380. The van der Waals surface area contributed by atoms with Gasteiger partial charge in [0.05, 0.1) is 15.9 Å². The average Bonchev–Trinajstić information content (AvgIpc) is 2.92. The lowest BCUT2D eigenvalue weighted by Gasteiger charge is -2.09. The Morgan fingerprint density at radius 2 is 1.06 bits per heavy atom. The summed E-state index contributed by atoms with van der Waals surface area (Å²) in [6, 6.07) is 44.9. The van der Waals surface area contributed by atoms with E-state index in [2.05, 4.69) is 84.9 Å². The van der Waals surface area contributed by atoms with Crippen LogP contribution in [0.25, 0.3) is 0 Å². The van der Waals surface area contributed by atoms with Gasteiger partial charge in [0.15, 0.2) is 20.5 Å². The zero-order valence-electron chi connectivity index (χ0n) is 18.8. The molecule has 0 fully saturated rings. The molecule has 0 aliphatic heterocycles. The van der Waals surface area contributed by atoms with Gasteiger partial charge in [0, 0.05) is 20.9 Å². The Hall–Kier alpha value is -3.24. The van der Waals surface area contributed by atoms with Gasteiger partial charge >= 0.3 is 0 Å². The van der Waals surface area contributed by atoms with Crippen LogP contribution in [0.1, 0.15) is 15.9 Å². The fraction of sp³-hybridized carbons (Fsp3) is 0. The van der Waals surface area contributed by atoms with E-state index >= 15 is 0 Å². The molecular formula is C31H22ClOS2+. The average molecular weight is 510 g/mol. The molecule has 4 heteroatoms. The predicted molar refractivity (Wildman–Crippen MR) is 147 cm³/mol. The molecule has 0 atom stereocenters. The number of benzene rings is 5. The monoisotopic (exact) mass is 509 g/mol. The number of rotatable bonds is 7. The fourth-order valence-electron chi connectivity index (χ4n) is 3.79. The van der Waals surface area contributed by atoms with Crippen molar-refractivity contribution in [3.63, 3.8) is 0 Å². The molecule has 0 saturated heterocycles. The molecule has 0 spiro atoms. The molecular weight excluding hydrogens is 488 g/mol. The lowest BCUT2D eigenvalue weighted by molar-refractivity contribution is 0.103. The Morgan fingerprint density at radius 3 is 1.63 bits per heavy atom.